The van der Waals surface area contributed by atoms with Crippen molar-refractivity contribution in [1.82, 2.24) is 0 Å². The molecular weight excluding hydrogens is 196 g/mol. The van der Waals surface area contributed by atoms with Crippen LogP contribution < -0.4 is 0 Å². The summed E-state index contributed by atoms with van der Waals surface area (Å²) in [6.07, 6.45) is 5.06. The maximum absolute atomic E-state index is 5.44. The minimum atomic E-state index is -2.82. The van der Waals surface area contributed by atoms with E-state index in [1.165, 1.54) is 0 Å². The summed E-state index contributed by atoms with van der Waals surface area (Å²) < 4.78 is 16.3. The molecule has 0 radical (unpaired) electrons. The normalized spacial score (nSPS) is 10.1. The van der Waals surface area contributed by atoms with Gasteiger partial charge in [0.2, 0.25) is 0 Å². The molecule has 0 fully saturated rings. The molecule has 0 aromatic rings. The Morgan fingerprint density at radius 1 is 1.00 bits per heavy atom. The highest BCUT2D eigenvalue weighted by Gasteiger charge is 2.39. The number of terminal acetylenes is 1. The van der Waals surface area contributed by atoms with Gasteiger partial charge in [-0.3, -0.25) is 0 Å². The standard InChI is InChI=1S/C10H16O3Si/c1-5-9-10-14(11-6-2,12-7-3)13-8-4/h1H,6-8H2,2-4H3. The Labute approximate surface area is 87.1 Å². The van der Waals surface area contributed by atoms with E-state index in [0.717, 1.165) is 0 Å². The Morgan fingerprint density at radius 3 is 1.71 bits per heavy atom. The molecular formula is C10H16O3Si. The SMILES string of the molecule is C#CC#C[Si](OCC)(OCC)OCC. The van der Waals surface area contributed by atoms with Gasteiger partial charge in [-0.25, -0.2) is 0 Å². The van der Waals surface area contributed by atoms with Gasteiger partial charge in [0.1, 0.15) is 0 Å². The molecule has 0 bridgehead atoms. The van der Waals surface area contributed by atoms with Crippen molar-refractivity contribution in [2.75, 3.05) is 19.8 Å². The minimum absolute atomic E-state index is 0.505. The van der Waals surface area contributed by atoms with Gasteiger partial charge in [0.25, 0.3) is 0 Å². The van der Waals surface area contributed by atoms with Crippen LogP contribution in [-0.2, 0) is 13.3 Å². The Kier molecular flexibility index (Phi) is 7.18. The molecule has 0 spiro atoms. The Morgan fingerprint density at radius 2 is 1.43 bits per heavy atom. The fourth-order valence-electron chi connectivity index (χ4n) is 0.916. The third-order valence-electron chi connectivity index (χ3n) is 1.29. The second kappa shape index (κ2) is 7.60. The first-order chi connectivity index (χ1) is 6.74. The summed E-state index contributed by atoms with van der Waals surface area (Å²) >= 11 is 0. The van der Waals surface area contributed by atoms with Crippen LogP contribution in [0, 0.1) is 23.8 Å². The van der Waals surface area contributed by atoms with Crippen molar-refractivity contribution in [1.29, 1.82) is 0 Å². The highest BCUT2D eigenvalue weighted by Crippen LogP contribution is 2.08. The van der Waals surface area contributed by atoms with Crippen molar-refractivity contribution in [3.8, 4) is 23.8 Å². The van der Waals surface area contributed by atoms with E-state index in [1.807, 2.05) is 20.8 Å². The molecule has 4 heteroatoms. The zero-order valence-corrected chi connectivity index (χ0v) is 9.92. The average Bonchev–Trinajstić information content (AvgIpc) is 2.16. The number of rotatable bonds is 6. The average molecular weight is 212 g/mol. The van der Waals surface area contributed by atoms with E-state index in [1.54, 1.807) is 0 Å². The van der Waals surface area contributed by atoms with Crippen LogP contribution in [0.4, 0.5) is 0 Å². The molecule has 0 heterocycles. The van der Waals surface area contributed by atoms with Gasteiger partial charge < -0.3 is 13.3 Å². The quantitative estimate of drug-likeness (QED) is 0.489. The molecule has 0 saturated heterocycles. The summed E-state index contributed by atoms with van der Waals surface area (Å²) in [5, 5.41) is 0. The molecule has 0 N–H and O–H groups in total. The maximum Gasteiger partial charge on any atom is 0.592 e. The van der Waals surface area contributed by atoms with Crippen molar-refractivity contribution in [3.63, 3.8) is 0 Å². The van der Waals surface area contributed by atoms with Crippen molar-refractivity contribution in [3.05, 3.63) is 0 Å². The zero-order chi connectivity index (χ0) is 10.9. The van der Waals surface area contributed by atoms with Gasteiger partial charge in [0, 0.05) is 19.8 Å². The van der Waals surface area contributed by atoms with E-state index < -0.39 is 8.80 Å². The van der Waals surface area contributed by atoms with Crippen LogP contribution in [0.3, 0.4) is 0 Å². The van der Waals surface area contributed by atoms with Crippen molar-refractivity contribution in [2.24, 2.45) is 0 Å². The van der Waals surface area contributed by atoms with Gasteiger partial charge in [0.15, 0.2) is 0 Å². The van der Waals surface area contributed by atoms with Crippen LogP contribution in [0.25, 0.3) is 0 Å². The highest BCUT2D eigenvalue weighted by molar-refractivity contribution is 6.69. The summed E-state index contributed by atoms with van der Waals surface area (Å²) in [5.41, 5.74) is 2.77. The maximum atomic E-state index is 5.44. The summed E-state index contributed by atoms with van der Waals surface area (Å²) in [7, 11) is -2.82. The molecule has 0 aromatic heterocycles. The van der Waals surface area contributed by atoms with Crippen molar-refractivity contribution >= 4 is 8.80 Å². The first-order valence-corrected chi connectivity index (χ1v) is 6.36. The monoisotopic (exact) mass is 212 g/mol. The first-order valence-electron chi connectivity index (χ1n) is 4.64. The molecule has 14 heavy (non-hydrogen) atoms. The lowest BCUT2D eigenvalue weighted by molar-refractivity contribution is 0.0871. The minimum Gasteiger partial charge on any atom is -0.364 e. The van der Waals surface area contributed by atoms with Crippen LogP contribution in [0.1, 0.15) is 20.8 Å². The van der Waals surface area contributed by atoms with Gasteiger partial charge in [-0.05, 0) is 38.2 Å². The van der Waals surface area contributed by atoms with Crippen molar-refractivity contribution in [2.45, 2.75) is 20.8 Å². The molecule has 0 aromatic carbocycles. The van der Waals surface area contributed by atoms with Crippen LogP contribution >= 0.6 is 0 Å². The number of hydrogen-bond acceptors (Lipinski definition) is 3. The smallest absolute Gasteiger partial charge is 0.364 e. The first kappa shape index (κ1) is 13.2. The highest BCUT2D eigenvalue weighted by atomic mass is 28.4. The molecule has 0 aliphatic rings. The lowest BCUT2D eigenvalue weighted by atomic mass is 10.7. The second-order valence-corrected chi connectivity index (χ2v) is 4.48. The van der Waals surface area contributed by atoms with Gasteiger partial charge in [-0.15, -0.1) is 6.42 Å². The van der Waals surface area contributed by atoms with Crippen LogP contribution in [0.2, 0.25) is 0 Å². The second-order valence-electron chi connectivity index (χ2n) is 2.25. The topological polar surface area (TPSA) is 27.7 Å². The third kappa shape index (κ3) is 4.45. The summed E-state index contributed by atoms with van der Waals surface area (Å²) in [4.78, 5) is 0. The third-order valence-corrected chi connectivity index (χ3v) is 3.73. The van der Waals surface area contributed by atoms with Gasteiger partial charge in [-0.2, -0.15) is 0 Å². The van der Waals surface area contributed by atoms with E-state index in [0.29, 0.717) is 19.8 Å². The molecule has 0 atom stereocenters. The van der Waals surface area contributed by atoms with Crippen LogP contribution in [0.5, 0.6) is 0 Å². The molecule has 3 nitrogen and oxygen atoms in total. The molecule has 0 rings (SSSR count). The van der Waals surface area contributed by atoms with Crippen LogP contribution in [0.15, 0.2) is 0 Å². The summed E-state index contributed by atoms with van der Waals surface area (Å²) in [6, 6.07) is 0. The Balaban J connectivity index is 4.64. The van der Waals surface area contributed by atoms with Gasteiger partial charge >= 0.3 is 8.80 Å². The molecule has 0 saturated carbocycles. The molecule has 0 aliphatic heterocycles. The lowest BCUT2D eigenvalue weighted by Gasteiger charge is -2.22. The largest absolute Gasteiger partial charge is 0.592 e. The van der Waals surface area contributed by atoms with E-state index in [-0.39, 0.29) is 0 Å². The molecule has 78 valence electrons. The zero-order valence-electron chi connectivity index (χ0n) is 8.92. The Bertz CT molecular complexity index is 229. The van der Waals surface area contributed by atoms with E-state index in [2.05, 4.69) is 17.4 Å². The Hall–Kier alpha value is -0.783. The lowest BCUT2D eigenvalue weighted by Crippen LogP contribution is -2.45. The van der Waals surface area contributed by atoms with Crippen LogP contribution in [-0.4, -0.2) is 28.6 Å². The molecule has 0 unspecified atom stereocenters. The summed E-state index contributed by atoms with van der Waals surface area (Å²) in [5.74, 6) is 4.74. The van der Waals surface area contributed by atoms with E-state index >= 15 is 0 Å². The molecule has 0 amide bonds. The van der Waals surface area contributed by atoms with E-state index in [4.69, 9.17) is 19.7 Å². The van der Waals surface area contributed by atoms with Crippen molar-refractivity contribution < 1.29 is 13.3 Å². The predicted molar refractivity (Wildman–Crippen MR) is 57.2 cm³/mol. The van der Waals surface area contributed by atoms with Gasteiger partial charge in [-0.1, -0.05) is 0 Å². The van der Waals surface area contributed by atoms with Gasteiger partial charge in [0.05, 0.1) is 0 Å². The fourth-order valence-corrected chi connectivity index (χ4v) is 2.75. The molecule has 0 aliphatic carbocycles. The predicted octanol–water partition coefficient (Wildman–Crippen LogP) is 1.21. The number of hydrogen-bond donors (Lipinski definition) is 0. The fraction of sp³-hybridized carbons (Fsp3) is 0.600. The van der Waals surface area contributed by atoms with E-state index in [9.17, 15) is 0 Å². The summed E-state index contributed by atoms with van der Waals surface area (Å²) in [6.45, 7) is 7.13.